The minimum Gasteiger partial charge on any atom is -0.495 e. The molecule has 23 heavy (non-hydrogen) atoms. The lowest BCUT2D eigenvalue weighted by atomic mass is 10.3. The topological polar surface area (TPSA) is 119 Å². The van der Waals surface area contributed by atoms with Crippen LogP contribution in [0.25, 0.3) is 0 Å². The first-order valence-electron chi connectivity index (χ1n) is 6.76. The Morgan fingerprint density at radius 3 is 2.39 bits per heavy atom. The summed E-state index contributed by atoms with van der Waals surface area (Å²) in [6, 6.07) is 7.46. The van der Waals surface area contributed by atoms with E-state index >= 15 is 0 Å². The van der Waals surface area contributed by atoms with Crippen molar-refractivity contribution in [1.29, 1.82) is 10.5 Å². The molecule has 0 fully saturated rings. The standard InChI is InChI=1S/C14H17N5O3S/c1-4-19(5-2)23(20,21)12-6-7-14(22-3)13(8-12)18-17-11(9-15)10-16/h6-8,18H,4-5H2,1-3H3. The van der Waals surface area contributed by atoms with Gasteiger partial charge >= 0.3 is 0 Å². The minimum atomic E-state index is -3.64. The molecule has 0 aliphatic carbocycles. The van der Waals surface area contributed by atoms with Crippen LogP contribution >= 0.6 is 0 Å². The summed E-state index contributed by atoms with van der Waals surface area (Å²) in [7, 11) is -2.22. The summed E-state index contributed by atoms with van der Waals surface area (Å²) >= 11 is 0. The second kappa shape index (κ2) is 8.13. The molecule has 122 valence electrons. The Labute approximate surface area is 135 Å². The first-order chi connectivity index (χ1) is 10.9. The zero-order chi connectivity index (χ0) is 17.5. The molecule has 0 aliphatic heterocycles. The largest absolute Gasteiger partial charge is 0.495 e. The van der Waals surface area contributed by atoms with Crippen LogP contribution < -0.4 is 10.2 Å². The number of sulfonamides is 1. The van der Waals surface area contributed by atoms with Crippen molar-refractivity contribution in [3.63, 3.8) is 0 Å². The predicted molar refractivity (Wildman–Crippen MR) is 85.4 cm³/mol. The Kier molecular flexibility index (Phi) is 6.51. The van der Waals surface area contributed by atoms with Crippen molar-refractivity contribution in [2.75, 3.05) is 25.6 Å². The molecule has 0 radical (unpaired) electrons. The number of hydrogen-bond donors (Lipinski definition) is 1. The number of hydrogen-bond acceptors (Lipinski definition) is 7. The van der Waals surface area contributed by atoms with Gasteiger partial charge in [-0.05, 0) is 18.2 Å². The molecule has 0 heterocycles. The molecule has 0 aliphatic rings. The van der Waals surface area contributed by atoms with Crippen LogP contribution in [-0.4, -0.2) is 38.6 Å². The third-order valence-corrected chi connectivity index (χ3v) is 5.06. The first kappa shape index (κ1) is 18.4. The zero-order valence-electron chi connectivity index (χ0n) is 13.1. The smallest absolute Gasteiger partial charge is 0.243 e. The Bertz CT molecular complexity index is 755. The van der Waals surface area contributed by atoms with Crippen LogP contribution in [-0.2, 0) is 10.0 Å². The molecule has 0 aromatic heterocycles. The van der Waals surface area contributed by atoms with Crippen LogP contribution in [0.1, 0.15) is 13.8 Å². The second-order valence-electron chi connectivity index (χ2n) is 4.25. The van der Waals surface area contributed by atoms with Gasteiger partial charge in [0, 0.05) is 13.1 Å². The van der Waals surface area contributed by atoms with E-state index in [0.29, 0.717) is 18.8 Å². The van der Waals surface area contributed by atoms with Crippen molar-refractivity contribution in [2.45, 2.75) is 18.7 Å². The molecular formula is C14H17N5O3S. The molecular weight excluding hydrogens is 318 g/mol. The van der Waals surface area contributed by atoms with Gasteiger partial charge in [0.15, 0.2) is 0 Å². The Hall–Kier alpha value is -2.62. The first-order valence-corrected chi connectivity index (χ1v) is 8.20. The second-order valence-corrected chi connectivity index (χ2v) is 6.19. The van der Waals surface area contributed by atoms with E-state index in [0.717, 1.165) is 0 Å². The number of nitriles is 2. The van der Waals surface area contributed by atoms with Crippen LogP contribution in [0, 0.1) is 22.7 Å². The molecule has 1 rings (SSSR count). The maximum atomic E-state index is 12.5. The number of hydrazone groups is 1. The molecule has 0 bridgehead atoms. The fourth-order valence-electron chi connectivity index (χ4n) is 1.84. The summed E-state index contributed by atoms with van der Waals surface area (Å²) in [5, 5.41) is 21.0. The highest BCUT2D eigenvalue weighted by Crippen LogP contribution is 2.28. The molecule has 9 heteroatoms. The van der Waals surface area contributed by atoms with Crippen molar-refractivity contribution in [3.05, 3.63) is 18.2 Å². The molecule has 0 spiro atoms. The van der Waals surface area contributed by atoms with E-state index in [-0.39, 0.29) is 16.3 Å². The molecule has 0 unspecified atom stereocenters. The summed E-state index contributed by atoms with van der Waals surface area (Å²) in [4.78, 5) is 0.0650. The number of benzene rings is 1. The van der Waals surface area contributed by atoms with Crippen molar-refractivity contribution >= 4 is 21.4 Å². The average Bonchev–Trinajstić information content (AvgIpc) is 2.56. The fraction of sp³-hybridized carbons (Fsp3) is 0.357. The normalized spacial score (nSPS) is 10.5. The van der Waals surface area contributed by atoms with E-state index in [1.54, 1.807) is 26.0 Å². The van der Waals surface area contributed by atoms with Gasteiger partial charge in [-0.2, -0.15) is 19.9 Å². The quantitative estimate of drug-likeness (QED) is 0.596. The zero-order valence-corrected chi connectivity index (χ0v) is 13.9. The highest BCUT2D eigenvalue weighted by molar-refractivity contribution is 7.89. The fourth-order valence-corrected chi connectivity index (χ4v) is 3.32. The Balaban J connectivity index is 3.31. The molecule has 0 saturated carbocycles. The third-order valence-electron chi connectivity index (χ3n) is 3.01. The summed E-state index contributed by atoms with van der Waals surface area (Å²) in [5.41, 5.74) is 2.34. The summed E-state index contributed by atoms with van der Waals surface area (Å²) in [5.74, 6) is 0.336. The summed E-state index contributed by atoms with van der Waals surface area (Å²) in [6.45, 7) is 4.19. The molecule has 0 amide bonds. The average molecular weight is 335 g/mol. The van der Waals surface area contributed by atoms with Crippen LogP contribution in [0.4, 0.5) is 5.69 Å². The summed E-state index contributed by atoms with van der Waals surface area (Å²) in [6.07, 6.45) is 0. The maximum absolute atomic E-state index is 12.5. The minimum absolute atomic E-state index is 0.0650. The van der Waals surface area contributed by atoms with E-state index in [1.807, 2.05) is 0 Å². The highest BCUT2D eigenvalue weighted by Gasteiger charge is 2.22. The van der Waals surface area contributed by atoms with Gasteiger partial charge in [0.1, 0.15) is 17.9 Å². The highest BCUT2D eigenvalue weighted by atomic mass is 32.2. The third kappa shape index (κ3) is 4.19. The SMILES string of the molecule is CCN(CC)S(=O)(=O)c1ccc(OC)c(NN=C(C#N)C#N)c1. The van der Waals surface area contributed by atoms with E-state index in [4.69, 9.17) is 15.3 Å². The van der Waals surface area contributed by atoms with Crippen molar-refractivity contribution < 1.29 is 13.2 Å². The number of nitrogens with zero attached hydrogens (tertiary/aromatic N) is 4. The molecule has 8 nitrogen and oxygen atoms in total. The lowest BCUT2D eigenvalue weighted by molar-refractivity contribution is 0.416. The molecule has 0 saturated heterocycles. The lowest BCUT2D eigenvalue weighted by Crippen LogP contribution is -2.30. The van der Waals surface area contributed by atoms with Crippen LogP contribution in [0.3, 0.4) is 0 Å². The molecule has 1 aromatic rings. The van der Waals surface area contributed by atoms with Crippen molar-refractivity contribution in [2.24, 2.45) is 5.10 Å². The number of ether oxygens (including phenoxy) is 1. The number of methoxy groups -OCH3 is 1. The van der Waals surface area contributed by atoms with Crippen LogP contribution in [0.15, 0.2) is 28.2 Å². The van der Waals surface area contributed by atoms with Crippen molar-refractivity contribution in [1.82, 2.24) is 4.31 Å². The van der Waals surface area contributed by atoms with Crippen molar-refractivity contribution in [3.8, 4) is 17.9 Å². The van der Waals surface area contributed by atoms with E-state index in [1.165, 1.54) is 29.6 Å². The number of anilines is 1. The maximum Gasteiger partial charge on any atom is 0.243 e. The van der Waals surface area contributed by atoms with Crippen LogP contribution in [0.2, 0.25) is 0 Å². The van der Waals surface area contributed by atoms with E-state index in [9.17, 15) is 8.42 Å². The van der Waals surface area contributed by atoms with E-state index in [2.05, 4.69) is 10.5 Å². The molecule has 0 atom stereocenters. The monoisotopic (exact) mass is 335 g/mol. The summed E-state index contributed by atoms with van der Waals surface area (Å²) < 4.78 is 31.5. The van der Waals surface area contributed by atoms with Gasteiger partial charge in [-0.3, -0.25) is 5.43 Å². The van der Waals surface area contributed by atoms with Gasteiger partial charge in [-0.15, -0.1) is 0 Å². The van der Waals surface area contributed by atoms with Gasteiger partial charge in [0.05, 0.1) is 17.7 Å². The Morgan fingerprint density at radius 1 is 1.30 bits per heavy atom. The number of rotatable bonds is 7. The predicted octanol–water partition coefficient (Wildman–Crippen LogP) is 1.54. The Morgan fingerprint density at radius 2 is 1.91 bits per heavy atom. The van der Waals surface area contributed by atoms with Gasteiger partial charge in [0.25, 0.3) is 0 Å². The molecule has 1 N–H and O–H groups in total. The van der Waals surface area contributed by atoms with Crippen LogP contribution in [0.5, 0.6) is 5.75 Å². The van der Waals surface area contributed by atoms with Gasteiger partial charge in [0.2, 0.25) is 15.7 Å². The number of nitrogens with one attached hydrogen (secondary N) is 1. The van der Waals surface area contributed by atoms with Gasteiger partial charge < -0.3 is 4.74 Å². The van der Waals surface area contributed by atoms with E-state index < -0.39 is 10.0 Å². The molecule has 1 aromatic carbocycles. The van der Waals surface area contributed by atoms with Gasteiger partial charge in [-0.25, -0.2) is 8.42 Å². The lowest BCUT2D eigenvalue weighted by Gasteiger charge is -2.19. The van der Waals surface area contributed by atoms with Gasteiger partial charge in [-0.1, -0.05) is 13.8 Å².